The SMILES string of the molecule is O=C1CN(C2CCCC2)C(=O)N1c1ccccc1Cl. The Hall–Kier alpha value is -1.55. The number of amides is 3. The molecular formula is C14H15ClN2O2. The van der Waals surface area contributed by atoms with Crippen molar-refractivity contribution < 1.29 is 9.59 Å². The Kier molecular flexibility index (Phi) is 3.19. The molecule has 0 aromatic heterocycles. The molecule has 1 aromatic carbocycles. The van der Waals surface area contributed by atoms with E-state index in [-0.39, 0.29) is 24.5 Å². The second kappa shape index (κ2) is 4.85. The van der Waals surface area contributed by atoms with E-state index in [4.69, 9.17) is 11.6 Å². The van der Waals surface area contributed by atoms with Gasteiger partial charge in [-0.2, -0.15) is 0 Å². The van der Waals surface area contributed by atoms with Crippen molar-refractivity contribution in [2.75, 3.05) is 11.4 Å². The summed E-state index contributed by atoms with van der Waals surface area (Å²) >= 11 is 6.08. The lowest BCUT2D eigenvalue weighted by molar-refractivity contribution is -0.116. The summed E-state index contributed by atoms with van der Waals surface area (Å²) in [4.78, 5) is 27.4. The van der Waals surface area contributed by atoms with Crippen LogP contribution in [-0.4, -0.2) is 29.4 Å². The maximum atomic E-state index is 12.4. The number of urea groups is 1. The number of imide groups is 1. The van der Waals surface area contributed by atoms with Crippen molar-refractivity contribution in [2.45, 2.75) is 31.7 Å². The molecule has 2 aliphatic rings. The summed E-state index contributed by atoms with van der Waals surface area (Å²) in [6.45, 7) is 0.175. The lowest BCUT2D eigenvalue weighted by Gasteiger charge is -2.23. The van der Waals surface area contributed by atoms with Crippen molar-refractivity contribution >= 4 is 29.2 Å². The Morgan fingerprint density at radius 1 is 1.11 bits per heavy atom. The highest BCUT2D eigenvalue weighted by Gasteiger charge is 2.41. The number of benzene rings is 1. The molecule has 3 rings (SSSR count). The summed E-state index contributed by atoms with van der Waals surface area (Å²) in [5.41, 5.74) is 0.486. The zero-order valence-electron chi connectivity index (χ0n) is 10.5. The second-order valence-electron chi connectivity index (χ2n) is 5.03. The van der Waals surface area contributed by atoms with Crippen LogP contribution in [0, 0.1) is 0 Å². The number of para-hydroxylation sites is 1. The van der Waals surface area contributed by atoms with E-state index in [0.29, 0.717) is 10.7 Å². The standard InChI is InChI=1S/C14H15ClN2O2/c15-11-7-3-4-8-12(11)17-13(18)9-16(14(17)19)10-5-1-2-6-10/h3-4,7-8,10H,1-2,5-6,9H2. The van der Waals surface area contributed by atoms with Gasteiger partial charge in [0.05, 0.1) is 10.7 Å². The number of hydrogen-bond donors (Lipinski definition) is 0. The molecule has 1 aromatic rings. The predicted molar refractivity (Wildman–Crippen MR) is 73.3 cm³/mol. The van der Waals surface area contributed by atoms with E-state index in [2.05, 4.69) is 0 Å². The van der Waals surface area contributed by atoms with E-state index in [0.717, 1.165) is 25.7 Å². The van der Waals surface area contributed by atoms with Gasteiger partial charge in [0.2, 0.25) is 0 Å². The highest BCUT2D eigenvalue weighted by Crippen LogP contribution is 2.32. The van der Waals surface area contributed by atoms with Gasteiger partial charge in [-0.05, 0) is 25.0 Å². The topological polar surface area (TPSA) is 40.6 Å². The van der Waals surface area contributed by atoms with Gasteiger partial charge >= 0.3 is 6.03 Å². The third kappa shape index (κ3) is 2.10. The molecule has 1 aliphatic carbocycles. The zero-order valence-corrected chi connectivity index (χ0v) is 11.3. The molecule has 19 heavy (non-hydrogen) atoms. The summed E-state index contributed by atoms with van der Waals surface area (Å²) in [6, 6.07) is 6.94. The molecule has 0 atom stereocenters. The fourth-order valence-electron chi connectivity index (χ4n) is 2.89. The van der Waals surface area contributed by atoms with Crippen molar-refractivity contribution in [1.82, 2.24) is 4.90 Å². The van der Waals surface area contributed by atoms with Crippen LogP contribution in [0.1, 0.15) is 25.7 Å². The molecule has 4 nitrogen and oxygen atoms in total. The molecule has 5 heteroatoms. The molecule has 2 fully saturated rings. The first-order chi connectivity index (χ1) is 9.18. The number of hydrogen-bond acceptors (Lipinski definition) is 2. The van der Waals surface area contributed by atoms with Crippen LogP contribution in [-0.2, 0) is 4.79 Å². The minimum absolute atomic E-state index is 0.175. The Balaban J connectivity index is 1.89. The van der Waals surface area contributed by atoms with Gasteiger partial charge in [-0.1, -0.05) is 36.6 Å². The second-order valence-corrected chi connectivity index (χ2v) is 5.44. The zero-order chi connectivity index (χ0) is 13.4. The fourth-order valence-corrected chi connectivity index (χ4v) is 3.11. The minimum Gasteiger partial charge on any atom is -0.312 e. The first-order valence-electron chi connectivity index (χ1n) is 6.56. The van der Waals surface area contributed by atoms with Crippen molar-refractivity contribution in [3.8, 4) is 0 Å². The molecule has 0 radical (unpaired) electrons. The fraction of sp³-hybridized carbons (Fsp3) is 0.429. The van der Waals surface area contributed by atoms with E-state index in [9.17, 15) is 9.59 Å². The van der Waals surface area contributed by atoms with Crippen molar-refractivity contribution in [1.29, 1.82) is 0 Å². The van der Waals surface area contributed by atoms with Gasteiger partial charge in [-0.15, -0.1) is 0 Å². The molecule has 1 heterocycles. The molecule has 100 valence electrons. The number of carbonyl (C=O) groups excluding carboxylic acids is 2. The van der Waals surface area contributed by atoms with E-state index in [1.54, 1.807) is 29.2 Å². The van der Waals surface area contributed by atoms with Crippen LogP contribution in [0.15, 0.2) is 24.3 Å². The van der Waals surface area contributed by atoms with E-state index >= 15 is 0 Å². The Morgan fingerprint density at radius 3 is 2.47 bits per heavy atom. The van der Waals surface area contributed by atoms with Gasteiger partial charge in [0, 0.05) is 6.04 Å². The summed E-state index contributed by atoms with van der Waals surface area (Å²) in [5.74, 6) is -0.190. The summed E-state index contributed by atoms with van der Waals surface area (Å²) in [7, 11) is 0. The number of anilines is 1. The largest absolute Gasteiger partial charge is 0.332 e. The monoisotopic (exact) mass is 278 g/mol. The average molecular weight is 279 g/mol. The summed E-state index contributed by atoms with van der Waals surface area (Å²) in [5, 5.41) is 0.428. The third-order valence-corrected chi connectivity index (χ3v) is 4.17. The Morgan fingerprint density at radius 2 is 1.79 bits per heavy atom. The van der Waals surface area contributed by atoms with Gasteiger partial charge in [0.15, 0.2) is 0 Å². The van der Waals surface area contributed by atoms with Crippen LogP contribution in [0.4, 0.5) is 10.5 Å². The lowest BCUT2D eigenvalue weighted by atomic mass is 10.2. The lowest BCUT2D eigenvalue weighted by Crippen LogP contribution is -2.38. The first-order valence-corrected chi connectivity index (χ1v) is 6.94. The highest BCUT2D eigenvalue weighted by molar-refractivity contribution is 6.35. The van der Waals surface area contributed by atoms with Crippen LogP contribution in [0.2, 0.25) is 5.02 Å². The van der Waals surface area contributed by atoms with E-state index < -0.39 is 0 Å². The number of halogens is 1. The van der Waals surface area contributed by atoms with Crippen LogP contribution in [0.5, 0.6) is 0 Å². The molecular weight excluding hydrogens is 264 g/mol. The molecule has 1 aliphatic heterocycles. The average Bonchev–Trinajstić information content (AvgIpc) is 3.00. The van der Waals surface area contributed by atoms with Gasteiger partial charge < -0.3 is 4.90 Å². The van der Waals surface area contributed by atoms with Crippen molar-refractivity contribution in [3.63, 3.8) is 0 Å². The van der Waals surface area contributed by atoms with Crippen LogP contribution in [0.25, 0.3) is 0 Å². The van der Waals surface area contributed by atoms with Crippen molar-refractivity contribution in [2.24, 2.45) is 0 Å². The molecule has 1 saturated heterocycles. The van der Waals surface area contributed by atoms with Crippen LogP contribution < -0.4 is 4.90 Å². The smallest absolute Gasteiger partial charge is 0.312 e. The summed E-state index contributed by atoms with van der Waals surface area (Å²) < 4.78 is 0. The van der Waals surface area contributed by atoms with Gasteiger partial charge in [-0.25, -0.2) is 9.69 Å². The number of rotatable bonds is 2. The summed E-state index contributed by atoms with van der Waals surface area (Å²) in [6.07, 6.45) is 4.26. The minimum atomic E-state index is -0.231. The third-order valence-electron chi connectivity index (χ3n) is 3.85. The molecule has 0 spiro atoms. The van der Waals surface area contributed by atoms with E-state index in [1.165, 1.54) is 4.90 Å². The van der Waals surface area contributed by atoms with Gasteiger partial charge in [-0.3, -0.25) is 4.79 Å². The highest BCUT2D eigenvalue weighted by atomic mass is 35.5. The van der Waals surface area contributed by atoms with Crippen LogP contribution in [0.3, 0.4) is 0 Å². The molecule has 0 unspecified atom stereocenters. The van der Waals surface area contributed by atoms with Gasteiger partial charge in [0.25, 0.3) is 5.91 Å². The predicted octanol–water partition coefficient (Wildman–Crippen LogP) is 3.05. The van der Waals surface area contributed by atoms with Crippen LogP contribution >= 0.6 is 11.6 Å². The quantitative estimate of drug-likeness (QED) is 0.780. The van der Waals surface area contributed by atoms with Gasteiger partial charge in [0.1, 0.15) is 6.54 Å². The maximum absolute atomic E-state index is 12.4. The Labute approximate surface area is 116 Å². The van der Waals surface area contributed by atoms with Crippen molar-refractivity contribution in [3.05, 3.63) is 29.3 Å². The Bertz CT molecular complexity index is 526. The number of nitrogens with zero attached hydrogens (tertiary/aromatic N) is 2. The maximum Gasteiger partial charge on any atom is 0.332 e. The first kappa shape index (κ1) is 12.5. The molecule has 0 N–H and O–H groups in total. The molecule has 0 bridgehead atoms. The normalized spacial score (nSPS) is 20.7. The molecule has 3 amide bonds. The number of carbonyl (C=O) groups is 2. The molecule has 1 saturated carbocycles. The van der Waals surface area contributed by atoms with E-state index in [1.807, 2.05) is 0 Å².